The van der Waals surface area contributed by atoms with Crippen LogP contribution in [-0.2, 0) is 0 Å². The van der Waals surface area contributed by atoms with E-state index >= 15 is 0 Å². The molecule has 1 rings (SSSR count). The van der Waals surface area contributed by atoms with Gasteiger partial charge in [0.2, 0.25) is 0 Å². The van der Waals surface area contributed by atoms with Gasteiger partial charge < -0.3 is 5.11 Å². The molecule has 1 heterocycles. The molecule has 0 spiro atoms. The molecule has 3 heteroatoms. The molecule has 1 aliphatic rings. The van der Waals surface area contributed by atoms with E-state index in [1.165, 1.54) is 0 Å². The van der Waals surface area contributed by atoms with Crippen LogP contribution in [0.2, 0.25) is 0 Å². The van der Waals surface area contributed by atoms with Gasteiger partial charge in [-0.3, -0.25) is 4.99 Å². The summed E-state index contributed by atoms with van der Waals surface area (Å²) in [6.45, 7) is 0. The standard InChI is InChI=1S/C3H5NOS/c5-3-1-6-2-4-3/h2-3,5H,1H2. The fourth-order valence-corrected chi connectivity index (χ4v) is 0.856. The second kappa shape index (κ2) is 1.62. The van der Waals surface area contributed by atoms with Gasteiger partial charge in [-0.05, 0) is 0 Å². The van der Waals surface area contributed by atoms with E-state index in [1.54, 1.807) is 17.3 Å². The lowest BCUT2D eigenvalue weighted by Crippen LogP contribution is -1.98. The van der Waals surface area contributed by atoms with Crippen molar-refractivity contribution in [3.63, 3.8) is 0 Å². The van der Waals surface area contributed by atoms with Crippen molar-refractivity contribution in [2.24, 2.45) is 4.99 Å². The molecule has 1 atom stereocenters. The van der Waals surface area contributed by atoms with E-state index in [9.17, 15) is 0 Å². The highest BCUT2D eigenvalue weighted by Crippen LogP contribution is 2.06. The topological polar surface area (TPSA) is 32.6 Å². The number of aliphatic imine (C=N–C) groups is 1. The molecule has 0 aromatic rings. The molecule has 1 aliphatic heterocycles. The fraction of sp³-hybridized carbons (Fsp3) is 0.667. The molecule has 0 aliphatic carbocycles. The molecule has 0 aromatic heterocycles. The first-order valence-electron chi connectivity index (χ1n) is 1.71. The van der Waals surface area contributed by atoms with Crippen molar-refractivity contribution in [3.05, 3.63) is 0 Å². The van der Waals surface area contributed by atoms with Crippen LogP contribution >= 0.6 is 11.8 Å². The summed E-state index contributed by atoms with van der Waals surface area (Å²) in [6.07, 6.45) is -0.421. The van der Waals surface area contributed by atoms with Crippen LogP contribution in [0.25, 0.3) is 0 Å². The Morgan fingerprint density at radius 1 is 2.00 bits per heavy atom. The number of hydrogen-bond acceptors (Lipinski definition) is 3. The molecule has 34 valence electrons. The normalized spacial score (nSPS) is 31.8. The van der Waals surface area contributed by atoms with Crippen molar-refractivity contribution in [1.82, 2.24) is 0 Å². The van der Waals surface area contributed by atoms with Gasteiger partial charge in [0.15, 0.2) is 6.23 Å². The third-order valence-corrected chi connectivity index (χ3v) is 1.31. The van der Waals surface area contributed by atoms with Crippen molar-refractivity contribution >= 4 is 17.3 Å². The molecule has 2 nitrogen and oxygen atoms in total. The van der Waals surface area contributed by atoms with Crippen LogP contribution in [0.3, 0.4) is 0 Å². The first kappa shape index (κ1) is 4.15. The quantitative estimate of drug-likeness (QED) is 0.471. The van der Waals surface area contributed by atoms with Crippen LogP contribution in [0.15, 0.2) is 4.99 Å². The second-order valence-corrected chi connectivity index (χ2v) is 1.95. The molecule has 0 amide bonds. The zero-order chi connectivity index (χ0) is 4.41. The van der Waals surface area contributed by atoms with E-state index < -0.39 is 6.23 Å². The summed E-state index contributed by atoms with van der Waals surface area (Å²) >= 11 is 1.54. The minimum atomic E-state index is -0.421. The van der Waals surface area contributed by atoms with Gasteiger partial charge in [0.25, 0.3) is 0 Å². The number of rotatable bonds is 0. The third-order valence-electron chi connectivity index (χ3n) is 0.553. The zero-order valence-corrected chi connectivity index (χ0v) is 3.98. The Labute approximate surface area is 40.3 Å². The predicted molar refractivity (Wildman–Crippen MR) is 27.0 cm³/mol. The number of thioether (sulfide) groups is 1. The average Bonchev–Trinajstić information content (AvgIpc) is 1.86. The molecule has 1 unspecified atom stereocenters. The van der Waals surface area contributed by atoms with E-state index in [-0.39, 0.29) is 0 Å². The lowest BCUT2D eigenvalue weighted by molar-refractivity contribution is 0.213. The Kier molecular flexibility index (Phi) is 1.12. The zero-order valence-electron chi connectivity index (χ0n) is 3.16. The van der Waals surface area contributed by atoms with Crippen LogP contribution in [-0.4, -0.2) is 22.6 Å². The smallest absolute Gasteiger partial charge is 0.155 e. The SMILES string of the molecule is OC1CSC=N1. The number of aliphatic hydroxyl groups is 1. The predicted octanol–water partition coefficient (Wildman–Crippen LogP) is 0.0799. The van der Waals surface area contributed by atoms with Crippen LogP contribution in [0.4, 0.5) is 0 Å². The van der Waals surface area contributed by atoms with Gasteiger partial charge in [-0.15, -0.1) is 11.8 Å². The summed E-state index contributed by atoms with van der Waals surface area (Å²) in [4.78, 5) is 3.63. The Morgan fingerprint density at radius 3 is 3.00 bits per heavy atom. The van der Waals surface area contributed by atoms with Gasteiger partial charge in [0.1, 0.15) is 0 Å². The summed E-state index contributed by atoms with van der Waals surface area (Å²) in [5.74, 6) is 0.736. The van der Waals surface area contributed by atoms with Crippen LogP contribution in [0, 0.1) is 0 Å². The lowest BCUT2D eigenvalue weighted by atomic mass is 10.7. The minimum Gasteiger partial charge on any atom is -0.371 e. The number of hydrogen-bond donors (Lipinski definition) is 1. The van der Waals surface area contributed by atoms with Gasteiger partial charge in [-0.1, -0.05) is 0 Å². The maximum Gasteiger partial charge on any atom is 0.155 e. The Bertz CT molecular complexity index is 73.2. The molecule has 0 radical (unpaired) electrons. The maximum absolute atomic E-state index is 8.51. The van der Waals surface area contributed by atoms with Gasteiger partial charge in [-0.25, -0.2) is 0 Å². The first-order chi connectivity index (χ1) is 2.89. The van der Waals surface area contributed by atoms with Crippen LogP contribution in [0.1, 0.15) is 0 Å². The molecule has 0 fully saturated rings. The van der Waals surface area contributed by atoms with Crippen molar-refractivity contribution in [1.29, 1.82) is 0 Å². The number of nitrogens with zero attached hydrogens (tertiary/aromatic N) is 1. The third kappa shape index (κ3) is 0.725. The first-order valence-corrected chi connectivity index (χ1v) is 2.76. The lowest BCUT2D eigenvalue weighted by Gasteiger charge is -1.87. The van der Waals surface area contributed by atoms with E-state index in [0.717, 1.165) is 5.75 Å². The van der Waals surface area contributed by atoms with Gasteiger partial charge >= 0.3 is 0 Å². The average molecular weight is 103 g/mol. The monoisotopic (exact) mass is 103 g/mol. The second-order valence-electron chi connectivity index (χ2n) is 1.07. The Balaban J connectivity index is 2.38. The Morgan fingerprint density at radius 2 is 2.83 bits per heavy atom. The molecule has 0 saturated heterocycles. The summed E-state index contributed by atoms with van der Waals surface area (Å²) < 4.78 is 0. The van der Waals surface area contributed by atoms with Crippen molar-refractivity contribution in [3.8, 4) is 0 Å². The number of aliphatic hydroxyl groups excluding tert-OH is 1. The maximum atomic E-state index is 8.51. The molecule has 0 saturated carbocycles. The van der Waals surface area contributed by atoms with Crippen LogP contribution in [0.5, 0.6) is 0 Å². The van der Waals surface area contributed by atoms with Gasteiger partial charge in [0.05, 0.1) is 5.55 Å². The molecule has 0 bridgehead atoms. The molecular formula is C3H5NOS. The van der Waals surface area contributed by atoms with E-state index in [0.29, 0.717) is 0 Å². The molecular weight excluding hydrogens is 98.1 g/mol. The van der Waals surface area contributed by atoms with Crippen molar-refractivity contribution in [2.75, 3.05) is 5.75 Å². The summed E-state index contributed by atoms with van der Waals surface area (Å²) in [7, 11) is 0. The Hall–Kier alpha value is -0.0200. The minimum absolute atomic E-state index is 0.421. The van der Waals surface area contributed by atoms with E-state index in [4.69, 9.17) is 5.11 Å². The van der Waals surface area contributed by atoms with Crippen molar-refractivity contribution in [2.45, 2.75) is 6.23 Å². The summed E-state index contributed by atoms with van der Waals surface area (Å²) in [5.41, 5.74) is 1.67. The summed E-state index contributed by atoms with van der Waals surface area (Å²) in [6, 6.07) is 0. The van der Waals surface area contributed by atoms with E-state index in [1.807, 2.05) is 0 Å². The van der Waals surface area contributed by atoms with Crippen LogP contribution < -0.4 is 0 Å². The fourth-order valence-electron chi connectivity index (χ4n) is 0.285. The molecule has 0 aromatic carbocycles. The van der Waals surface area contributed by atoms with E-state index in [2.05, 4.69) is 4.99 Å². The van der Waals surface area contributed by atoms with Gasteiger partial charge in [-0.2, -0.15) is 0 Å². The molecule has 1 N–H and O–H groups in total. The van der Waals surface area contributed by atoms with Gasteiger partial charge in [0, 0.05) is 5.75 Å². The molecule has 6 heavy (non-hydrogen) atoms. The van der Waals surface area contributed by atoms with Crippen molar-refractivity contribution < 1.29 is 5.11 Å². The summed E-state index contributed by atoms with van der Waals surface area (Å²) in [5, 5.41) is 8.51. The largest absolute Gasteiger partial charge is 0.371 e. The highest BCUT2D eigenvalue weighted by molar-refractivity contribution is 8.12. The highest BCUT2D eigenvalue weighted by atomic mass is 32.2. The highest BCUT2D eigenvalue weighted by Gasteiger charge is 2.02.